The topological polar surface area (TPSA) is 67.8 Å². The summed E-state index contributed by atoms with van der Waals surface area (Å²) >= 11 is 4.56. The predicted octanol–water partition coefficient (Wildman–Crippen LogP) is 3.89. The van der Waals surface area contributed by atoms with Gasteiger partial charge in [-0.1, -0.05) is 42.2 Å². The van der Waals surface area contributed by atoms with E-state index in [1.165, 1.54) is 23.1 Å². The molecule has 0 aliphatic heterocycles. The molecule has 0 radical (unpaired) electrons. The Morgan fingerprint density at radius 1 is 1.30 bits per heavy atom. The van der Waals surface area contributed by atoms with E-state index in [0.717, 1.165) is 32.0 Å². The molecule has 118 valence electrons. The number of aromatic nitrogens is 3. The first-order valence-corrected chi connectivity index (χ1v) is 9.58. The number of nitrogens with one attached hydrogen (secondary N) is 1. The van der Waals surface area contributed by atoms with Gasteiger partial charge < -0.3 is 5.32 Å². The molecule has 0 unspecified atom stereocenters. The maximum absolute atomic E-state index is 12.3. The highest BCUT2D eigenvalue weighted by Crippen LogP contribution is 2.33. The molecule has 1 aromatic carbocycles. The smallest absolute Gasteiger partial charge is 0.230 e. The first-order valence-electron chi connectivity index (χ1n) is 7.00. The van der Waals surface area contributed by atoms with Crippen LogP contribution in [0.15, 0.2) is 44.4 Å². The van der Waals surface area contributed by atoms with E-state index in [-0.39, 0.29) is 12.3 Å². The van der Waals surface area contributed by atoms with Gasteiger partial charge >= 0.3 is 0 Å². The second-order valence-corrected chi connectivity index (χ2v) is 7.68. The minimum atomic E-state index is -0.0664. The number of hydrogen-bond acceptors (Lipinski definition) is 7. The zero-order chi connectivity index (χ0) is 16.1. The number of anilines is 1. The van der Waals surface area contributed by atoms with Crippen LogP contribution in [-0.4, -0.2) is 21.1 Å². The third-order valence-corrected chi connectivity index (χ3v) is 5.84. The minimum absolute atomic E-state index is 0.0664. The molecule has 0 saturated heterocycles. The first-order chi connectivity index (χ1) is 11.2. The zero-order valence-corrected chi connectivity index (χ0v) is 14.8. The molecule has 8 heteroatoms. The van der Waals surface area contributed by atoms with Gasteiger partial charge in [-0.15, -0.1) is 21.5 Å². The lowest BCUT2D eigenvalue weighted by atomic mass is 10.3. The van der Waals surface area contributed by atoms with Crippen molar-refractivity contribution in [2.24, 2.45) is 0 Å². The number of thiazole rings is 1. The van der Waals surface area contributed by atoms with Gasteiger partial charge in [0.2, 0.25) is 5.91 Å². The fourth-order valence-corrected chi connectivity index (χ4v) is 4.18. The molecule has 0 saturated carbocycles. The van der Waals surface area contributed by atoms with E-state index in [9.17, 15) is 4.79 Å². The summed E-state index contributed by atoms with van der Waals surface area (Å²) in [5, 5.41) is 13.8. The summed E-state index contributed by atoms with van der Waals surface area (Å²) in [5.41, 5.74) is 3.29. The molecular weight excluding hydrogens is 348 g/mol. The fourth-order valence-electron chi connectivity index (χ4n) is 1.91. The van der Waals surface area contributed by atoms with Gasteiger partial charge in [0.05, 0.1) is 22.8 Å². The Balaban J connectivity index is 1.68. The Kier molecular flexibility index (Phi) is 5.37. The van der Waals surface area contributed by atoms with Crippen LogP contribution in [0.4, 0.5) is 5.69 Å². The molecule has 3 rings (SSSR count). The van der Waals surface area contributed by atoms with Gasteiger partial charge in [-0.05, 0) is 18.6 Å². The molecule has 23 heavy (non-hydrogen) atoms. The molecule has 2 aromatic heterocycles. The lowest BCUT2D eigenvalue weighted by molar-refractivity contribution is -0.115. The van der Waals surface area contributed by atoms with Crippen LogP contribution in [0.3, 0.4) is 0 Å². The van der Waals surface area contributed by atoms with E-state index < -0.39 is 0 Å². The van der Waals surface area contributed by atoms with E-state index in [2.05, 4.69) is 27.4 Å². The Labute approximate surface area is 146 Å². The lowest BCUT2D eigenvalue weighted by Gasteiger charge is -2.08. The van der Waals surface area contributed by atoms with Crippen LogP contribution < -0.4 is 5.32 Å². The third kappa shape index (κ3) is 4.37. The summed E-state index contributed by atoms with van der Waals surface area (Å²) in [6.07, 6.45) is 1.18. The van der Waals surface area contributed by atoms with E-state index in [1.807, 2.05) is 29.6 Å². The van der Waals surface area contributed by atoms with Gasteiger partial charge in [-0.3, -0.25) is 4.79 Å². The van der Waals surface area contributed by atoms with Crippen LogP contribution in [0.2, 0.25) is 0 Å². The predicted molar refractivity (Wildman–Crippen MR) is 94.3 cm³/mol. The van der Waals surface area contributed by atoms with Crippen LogP contribution in [-0.2, 0) is 17.6 Å². The van der Waals surface area contributed by atoms with Gasteiger partial charge in [0, 0.05) is 10.3 Å². The fraction of sp³-hybridized carbons (Fsp3) is 0.200. The van der Waals surface area contributed by atoms with Gasteiger partial charge in [-0.25, -0.2) is 4.98 Å². The number of carbonyl (C=O) groups is 1. The molecule has 3 aromatic rings. The molecule has 0 atom stereocenters. The van der Waals surface area contributed by atoms with Crippen LogP contribution in [0.1, 0.15) is 17.6 Å². The van der Waals surface area contributed by atoms with E-state index in [4.69, 9.17) is 0 Å². The van der Waals surface area contributed by atoms with Crippen molar-refractivity contribution in [1.29, 1.82) is 0 Å². The quantitative estimate of drug-likeness (QED) is 0.720. The van der Waals surface area contributed by atoms with Crippen molar-refractivity contribution in [2.45, 2.75) is 29.0 Å². The number of carbonyl (C=O) groups excluding carboxylic acids is 1. The number of aryl methyl sites for hydroxylation is 1. The summed E-state index contributed by atoms with van der Waals surface area (Å²) in [5.74, 6) is -0.0664. The average molecular weight is 363 g/mol. The highest BCUT2D eigenvalue weighted by atomic mass is 32.2. The molecule has 2 heterocycles. The van der Waals surface area contributed by atoms with Crippen molar-refractivity contribution in [3.63, 3.8) is 0 Å². The number of hydrogen-bond donors (Lipinski definition) is 1. The number of para-hydroxylation sites is 1. The summed E-state index contributed by atoms with van der Waals surface area (Å²) in [6, 6.07) is 7.68. The molecule has 0 bridgehead atoms. The van der Waals surface area contributed by atoms with Crippen LogP contribution >= 0.6 is 34.4 Å². The summed E-state index contributed by atoms with van der Waals surface area (Å²) in [6.45, 7) is 2.06. The molecule has 0 spiro atoms. The number of benzene rings is 1. The van der Waals surface area contributed by atoms with Gasteiger partial charge in [0.25, 0.3) is 0 Å². The summed E-state index contributed by atoms with van der Waals surface area (Å²) in [4.78, 5) is 17.6. The maximum Gasteiger partial charge on any atom is 0.230 e. The van der Waals surface area contributed by atoms with Crippen molar-refractivity contribution < 1.29 is 4.79 Å². The Morgan fingerprint density at radius 2 is 2.17 bits per heavy atom. The maximum atomic E-state index is 12.3. The van der Waals surface area contributed by atoms with Crippen molar-refractivity contribution in [1.82, 2.24) is 15.2 Å². The molecule has 0 aliphatic carbocycles. The van der Waals surface area contributed by atoms with Crippen molar-refractivity contribution in [3.8, 4) is 0 Å². The largest absolute Gasteiger partial charge is 0.325 e. The van der Waals surface area contributed by atoms with Gasteiger partial charge in [-0.2, -0.15) is 0 Å². The Morgan fingerprint density at radius 3 is 2.91 bits per heavy atom. The number of amides is 1. The molecule has 0 aliphatic rings. The zero-order valence-electron chi connectivity index (χ0n) is 12.4. The average Bonchev–Trinajstić information content (AvgIpc) is 3.21. The molecule has 1 N–H and O–H groups in total. The highest BCUT2D eigenvalue weighted by molar-refractivity contribution is 8.01. The van der Waals surface area contributed by atoms with Gasteiger partial charge in [0.15, 0.2) is 4.34 Å². The van der Waals surface area contributed by atoms with E-state index in [0.29, 0.717) is 0 Å². The monoisotopic (exact) mass is 362 g/mol. The van der Waals surface area contributed by atoms with E-state index in [1.54, 1.807) is 16.8 Å². The molecule has 5 nitrogen and oxygen atoms in total. The molecular formula is C15H14N4OS3. The van der Waals surface area contributed by atoms with Crippen molar-refractivity contribution in [2.75, 3.05) is 5.32 Å². The highest BCUT2D eigenvalue weighted by Gasteiger charge is 2.11. The second-order valence-electron chi connectivity index (χ2n) is 4.61. The van der Waals surface area contributed by atoms with E-state index >= 15 is 0 Å². The van der Waals surface area contributed by atoms with Crippen LogP contribution in [0.25, 0.3) is 0 Å². The van der Waals surface area contributed by atoms with Crippen LogP contribution in [0, 0.1) is 0 Å². The Bertz CT molecular complexity index is 786. The third-order valence-electron chi connectivity index (χ3n) is 2.94. The second kappa shape index (κ2) is 7.67. The summed E-state index contributed by atoms with van der Waals surface area (Å²) in [7, 11) is 0. The normalized spacial score (nSPS) is 10.7. The van der Waals surface area contributed by atoms with Gasteiger partial charge in [0.1, 0.15) is 5.51 Å². The number of nitrogens with zero attached hydrogens (tertiary/aromatic N) is 3. The lowest BCUT2D eigenvalue weighted by Crippen LogP contribution is -2.15. The Hall–Kier alpha value is -1.77. The molecule has 0 fully saturated rings. The van der Waals surface area contributed by atoms with Crippen LogP contribution in [0.5, 0.6) is 0 Å². The standard InChI is InChI=1S/C15H14N4OS3/c1-2-14-17-10(8-21-14)7-13(20)18-11-5-3-4-6-12(11)23-15-19-16-9-22-15/h3-6,8-9H,2,7H2,1H3,(H,18,20). The van der Waals surface area contributed by atoms with Crippen molar-refractivity contribution >= 4 is 46.0 Å². The molecule has 1 amide bonds. The first kappa shape index (κ1) is 16.1. The SMILES string of the molecule is CCc1nc(CC(=O)Nc2ccccc2Sc2nncs2)cs1. The van der Waals surface area contributed by atoms with Crippen molar-refractivity contribution in [3.05, 3.63) is 45.9 Å². The summed E-state index contributed by atoms with van der Waals surface area (Å²) < 4.78 is 0.846. The minimum Gasteiger partial charge on any atom is -0.325 e. The number of rotatable bonds is 6.